The van der Waals surface area contributed by atoms with E-state index >= 15 is 0 Å². The third-order valence-electron chi connectivity index (χ3n) is 2.57. The molecule has 0 heterocycles. The number of nitrogens with zero attached hydrogens (tertiary/aromatic N) is 2. The van der Waals surface area contributed by atoms with Crippen molar-refractivity contribution < 1.29 is 0 Å². The summed E-state index contributed by atoms with van der Waals surface area (Å²) in [6.45, 7) is 11.9. The van der Waals surface area contributed by atoms with Crippen molar-refractivity contribution in [2.75, 3.05) is 14.1 Å². The van der Waals surface area contributed by atoms with Gasteiger partial charge in [0.1, 0.15) is 0 Å². The Labute approximate surface area is 112 Å². The molecule has 0 amide bonds. The van der Waals surface area contributed by atoms with Crippen molar-refractivity contribution >= 4 is 12.4 Å². The molecule has 100 valence electrons. The van der Waals surface area contributed by atoms with E-state index in [1.165, 1.54) is 11.1 Å². The zero-order valence-electron chi connectivity index (χ0n) is 12.6. The fourth-order valence-electron chi connectivity index (χ4n) is 1.57. The van der Waals surface area contributed by atoms with E-state index in [9.17, 15) is 0 Å². The molecule has 2 nitrogen and oxygen atoms in total. The lowest BCUT2D eigenvalue weighted by Gasteiger charge is -2.17. The third-order valence-corrected chi connectivity index (χ3v) is 2.57. The molecule has 0 fully saturated rings. The first-order valence-corrected chi connectivity index (χ1v) is 6.50. The average Bonchev–Trinajstić information content (AvgIpc) is 2.38. The van der Waals surface area contributed by atoms with Crippen LogP contribution in [0.25, 0.3) is 5.70 Å². The Morgan fingerprint density at radius 3 is 2.00 bits per heavy atom. The van der Waals surface area contributed by atoms with Gasteiger partial charge < -0.3 is 4.90 Å². The molecule has 0 bridgehead atoms. The van der Waals surface area contributed by atoms with Crippen molar-refractivity contribution in [3.05, 3.63) is 41.6 Å². The Balaban J connectivity index is 0.00000137. The molecule has 0 saturated heterocycles. The van der Waals surface area contributed by atoms with E-state index in [4.69, 9.17) is 0 Å². The molecule has 0 saturated carbocycles. The molecule has 0 aliphatic rings. The summed E-state index contributed by atoms with van der Waals surface area (Å²) < 4.78 is 0. The summed E-state index contributed by atoms with van der Waals surface area (Å²) in [6.07, 6.45) is 1.78. The highest BCUT2D eigenvalue weighted by Crippen LogP contribution is 2.20. The highest BCUT2D eigenvalue weighted by atomic mass is 15.1. The summed E-state index contributed by atoms with van der Waals surface area (Å²) in [4.78, 5) is 5.88. The van der Waals surface area contributed by atoms with Crippen LogP contribution in [0.3, 0.4) is 0 Å². The van der Waals surface area contributed by atoms with Crippen molar-refractivity contribution in [1.82, 2.24) is 4.90 Å². The fraction of sp³-hybridized carbons (Fsp3) is 0.438. The molecular formula is C16H26N2. The van der Waals surface area contributed by atoms with Gasteiger partial charge in [-0.25, -0.2) is 0 Å². The average molecular weight is 246 g/mol. The van der Waals surface area contributed by atoms with E-state index < -0.39 is 0 Å². The predicted octanol–water partition coefficient (Wildman–Crippen LogP) is 4.40. The predicted molar refractivity (Wildman–Crippen MR) is 83.1 cm³/mol. The van der Waals surface area contributed by atoms with Crippen molar-refractivity contribution in [3.63, 3.8) is 0 Å². The number of benzene rings is 1. The SMILES string of the molecule is C=N/C=C(/c1ccc(C(C)C)cc1)N(C)C.CC. The highest BCUT2D eigenvalue weighted by molar-refractivity contribution is 5.64. The van der Waals surface area contributed by atoms with Crippen molar-refractivity contribution in [2.24, 2.45) is 4.99 Å². The molecule has 0 radical (unpaired) electrons. The summed E-state index contributed by atoms with van der Waals surface area (Å²) in [5, 5.41) is 0. The number of hydrogen-bond acceptors (Lipinski definition) is 2. The van der Waals surface area contributed by atoms with Gasteiger partial charge in [-0.05, 0) is 23.8 Å². The molecule has 2 heteroatoms. The number of hydrogen-bond donors (Lipinski definition) is 0. The Bertz CT molecular complexity index is 373. The molecule has 0 atom stereocenters. The van der Waals surface area contributed by atoms with Gasteiger partial charge in [0.2, 0.25) is 0 Å². The van der Waals surface area contributed by atoms with Crippen molar-refractivity contribution in [1.29, 1.82) is 0 Å². The first kappa shape index (κ1) is 16.4. The highest BCUT2D eigenvalue weighted by Gasteiger charge is 2.04. The molecule has 0 aromatic heterocycles. The van der Waals surface area contributed by atoms with Gasteiger partial charge in [-0.3, -0.25) is 4.99 Å². The van der Waals surface area contributed by atoms with Crippen LogP contribution >= 0.6 is 0 Å². The largest absolute Gasteiger partial charge is 0.376 e. The van der Waals surface area contributed by atoms with Gasteiger partial charge in [-0.15, -0.1) is 0 Å². The van der Waals surface area contributed by atoms with E-state index in [-0.39, 0.29) is 0 Å². The van der Waals surface area contributed by atoms with Crippen molar-refractivity contribution in [3.8, 4) is 0 Å². The number of rotatable bonds is 4. The maximum absolute atomic E-state index is 3.84. The quantitative estimate of drug-likeness (QED) is 0.719. The number of aliphatic imine (C=N–C) groups is 1. The van der Waals surface area contributed by atoms with Crippen LogP contribution in [0.1, 0.15) is 44.7 Å². The first-order valence-electron chi connectivity index (χ1n) is 6.50. The molecule has 0 unspecified atom stereocenters. The Morgan fingerprint density at radius 1 is 1.17 bits per heavy atom. The monoisotopic (exact) mass is 246 g/mol. The van der Waals surface area contributed by atoms with Crippen LogP contribution in [0.15, 0.2) is 35.5 Å². The maximum atomic E-state index is 3.84. The van der Waals surface area contributed by atoms with Gasteiger partial charge in [0.05, 0.1) is 11.9 Å². The molecule has 0 N–H and O–H groups in total. The van der Waals surface area contributed by atoms with Crippen LogP contribution in [0.5, 0.6) is 0 Å². The normalized spacial score (nSPS) is 10.7. The summed E-state index contributed by atoms with van der Waals surface area (Å²) in [5.41, 5.74) is 3.60. The Morgan fingerprint density at radius 2 is 1.67 bits per heavy atom. The molecule has 1 rings (SSSR count). The zero-order chi connectivity index (χ0) is 14.1. The second-order valence-corrected chi connectivity index (χ2v) is 4.37. The summed E-state index contributed by atoms with van der Waals surface area (Å²) >= 11 is 0. The Hall–Kier alpha value is -1.57. The van der Waals surface area contributed by atoms with Crippen LogP contribution in [-0.2, 0) is 0 Å². The molecular weight excluding hydrogens is 220 g/mol. The van der Waals surface area contributed by atoms with E-state index in [1.807, 2.05) is 32.8 Å². The second-order valence-electron chi connectivity index (χ2n) is 4.37. The van der Waals surface area contributed by atoms with Gasteiger partial charge in [-0.2, -0.15) is 0 Å². The van der Waals surface area contributed by atoms with E-state index in [0.29, 0.717) is 5.92 Å². The van der Waals surface area contributed by atoms with E-state index in [1.54, 1.807) is 6.20 Å². The molecule has 18 heavy (non-hydrogen) atoms. The topological polar surface area (TPSA) is 15.6 Å². The minimum Gasteiger partial charge on any atom is -0.376 e. The lowest BCUT2D eigenvalue weighted by atomic mass is 10.0. The molecule has 1 aromatic carbocycles. The Kier molecular flexibility index (Phi) is 7.77. The summed E-state index contributed by atoms with van der Waals surface area (Å²) in [7, 11) is 4.01. The van der Waals surface area contributed by atoms with Gasteiger partial charge in [0.25, 0.3) is 0 Å². The molecule has 0 aliphatic heterocycles. The lowest BCUT2D eigenvalue weighted by Crippen LogP contribution is -2.09. The van der Waals surface area contributed by atoms with Gasteiger partial charge in [-0.1, -0.05) is 52.0 Å². The van der Waals surface area contributed by atoms with Crippen LogP contribution in [0.2, 0.25) is 0 Å². The van der Waals surface area contributed by atoms with Crippen molar-refractivity contribution in [2.45, 2.75) is 33.6 Å². The maximum Gasteiger partial charge on any atom is 0.0620 e. The second kappa shape index (κ2) is 8.51. The van der Waals surface area contributed by atoms with Gasteiger partial charge in [0.15, 0.2) is 0 Å². The van der Waals surface area contributed by atoms with Crippen LogP contribution in [0.4, 0.5) is 0 Å². The fourth-order valence-corrected chi connectivity index (χ4v) is 1.57. The molecule has 0 spiro atoms. The van der Waals surface area contributed by atoms with E-state index in [2.05, 4.69) is 49.8 Å². The first-order chi connectivity index (χ1) is 8.56. The molecule has 0 aliphatic carbocycles. The van der Waals surface area contributed by atoms with Crippen LogP contribution < -0.4 is 0 Å². The van der Waals surface area contributed by atoms with Crippen LogP contribution in [-0.4, -0.2) is 25.7 Å². The summed E-state index contributed by atoms with van der Waals surface area (Å²) in [5.74, 6) is 0.568. The van der Waals surface area contributed by atoms with Crippen LogP contribution in [0, 0.1) is 0 Å². The van der Waals surface area contributed by atoms with E-state index in [0.717, 1.165) is 5.70 Å². The van der Waals surface area contributed by atoms with Gasteiger partial charge in [0, 0.05) is 14.1 Å². The minimum atomic E-state index is 0.568. The molecule has 1 aromatic rings. The third kappa shape index (κ3) is 4.74. The lowest BCUT2D eigenvalue weighted by molar-refractivity contribution is 0.591. The zero-order valence-corrected chi connectivity index (χ0v) is 12.6. The summed E-state index contributed by atoms with van der Waals surface area (Å²) in [6, 6.07) is 8.60. The van der Waals surface area contributed by atoms with Gasteiger partial charge >= 0.3 is 0 Å². The standard InChI is InChI=1S/C14H20N2.C2H6/c1-11(2)12-6-8-13(9-7-12)14(10-15-3)16(4)5;1-2/h6-11H,3H2,1-2,4-5H3;1-2H3/b14-10-;. The minimum absolute atomic E-state index is 0.568. The smallest absolute Gasteiger partial charge is 0.0620 e.